The first-order chi connectivity index (χ1) is 20.3. The van der Waals surface area contributed by atoms with Crippen LogP contribution in [0.2, 0.25) is 0 Å². The summed E-state index contributed by atoms with van der Waals surface area (Å²) in [4.78, 5) is 29.8. The lowest BCUT2D eigenvalue weighted by molar-refractivity contribution is -0.120. The first-order valence-corrected chi connectivity index (χ1v) is 14.5. The second kappa shape index (κ2) is 11.7. The highest BCUT2D eigenvalue weighted by Gasteiger charge is 2.35. The van der Waals surface area contributed by atoms with Gasteiger partial charge in [-0.05, 0) is 73.0 Å². The van der Waals surface area contributed by atoms with Gasteiger partial charge in [0.25, 0.3) is 11.8 Å². The van der Waals surface area contributed by atoms with Crippen molar-refractivity contribution in [2.24, 2.45) is 0 Å². The third-order valence-electron chi connectivity index (χ3n) is 7.75. The molecule has 216 valence electrons. The monoisotopic (exact) mass is 635 g/mol. The van der Waals surface area contributed by atoms with E-state index in [1.165, 1.54) is 24.3 Å². The van der Waals surface area contributed by atoms with Gasteiger partial charge in [0.1, 0.15) is 17.7 Å². The zero-order chi connectivity index (χ0) is 29.4. The molecule has 1 aromatic heterocycles. The van der Waals surface area contributed by atoms with Crippen LogP contribution in [0.4, 0.5) is 14.5 Å². The molecule has 3 heterocycles. The van der Waals surface area contributed by atoms with Crippen molar-refractivity contribution in [3.05, 3.63) is 99.8 Å². The van der Waals surface area contributed by atoms with Crippen LogP contribution in [0.25, 0.3) is 11.1 Å². The lowest BCUT2D eigenvalue weighted by Gasteiger charge is -2.32. The molecular formula is C31H28BrF2N5O3. The highest BCUT2D eigenvalue weighted by Crippen LogP contribution is 2.30. The Kier molecular flexibility index (Phi) is 7.87. The van der Waals surface area contributed by atoms with E-state index in [0.717, 1.165) is 10.2 Å². The van der Waals surface area contributed by atoms with Gasteiger partial charge >= 0.3 is 0 Å². The standard InChI is InChI=1S/C31H28BrF2N5O3/c1-19-14-22(33)5-9-26(19)27-8-2-20(15-28(27)34)30(40)37-12-13-42-25(18-37)16-23-17-39(36-35-23)29-10-11-38(31(29)41)24-6-3-21(32)4-7-24/h2-9,14-15,17,25,29H,10-13,16,18H2,1H3. The average Bonchev–Trinajstić information content (AvgIpc) is 3.59. The van der Waals surface area contributed by atoms with Crippen molar-refractivity contribution in [2.75, 3.05) is 31.1 Å². The molecule has 2 amide bonds. The molecule has 3 aromatic carbocycles. The molecular weight excluding hydrogens is 608 g/mol. The van der Waals surface area contributed by atoms with Crippen LogP contribution in [0.1, 0.15) is 34.1 Å². The minimum atomic E-state index is -0.544. The number of hydrogen-bond acceptors (Lipinski definition) is 5. The minimum Gasteiger partial charge on any atom is -0.374 e. The van der Waals surface area contributed by atoms with Crippen molar-refractivity contribution >= 4 is 33.4 Å². The van der Waals surface area contributed by atoms with Crippen LogP contribution in [0.5, 0.6) is 0 Å². The summed E-state index contributed by atoms with van der Waals surface area (Å²) in [6.07, 6.45) is 2.48. The van der Waals surface area contributed by atoms with Crippen LogP contribution in [0, 0.1) is 18.6 Å². The fraction of sp³-hybridized carbons (Fsp3) is 0.290. The summed E-state index contributed by atoms with van der Waals surface area (Å²) in [7, 11) is 0. The lowest BCUT2D eigenvalue weighted by Crippen LogP contribution is -2.46. The average molecular weight is 636 g/mol. The number of benzene rings is 3. The van der Waals surface area contributed by atoms with Crippen molar-refractivity contribution in [3.63, 3.8) is 0 Å². The number of aryl methyl sites for hydroxylation is 1. The van der Waals surface area contributed by atoms with Gasteiger partial charge < -0.3 is 14.5 Å². The molecule has 0 N–H and O–H groups in total. The van der Waals surface area contributed by atoms with E-state index in [1.807, 2.05) is 24.3 Å². The molecule has 4 aromatic rings. The fourth-order valence-electron chi connectivity index (χ4n) is 5.59. The summed E-state index contributed by atoms with van der Waals surface area (Å²) in [5.41, 5.74) is 3.24. The summed E-state index contributed by atoms with van der Waals surface area (Å²) in [6.45, 7) is 3.34. The first-order valence-electron chi connectivity index (χ1n) is 13.7. The van der Waals surface area contributed by atoms with Gasteiger partial charge in [0, 0.05) is 53.5 Å². The second-order valence-corrected chi connectivity index (χ2v) is 11.5. The summed E-state index contributed by atoms with van der Waals surface area (Å²) >= 11 is 3.42. The molecule has 2 atom stereocenters. The molecule has 6 rings (SSSR count). The number of rotatable bonds is 6. The Morgan fingerprint density at radius 2 is 1.83 bits per heavy atom. The molecule has 42 heavy (non-hydrogen) atoms. The third-order valence-corrected chi connectivity index (χ3v) is 8.28. The number of ether oxygens (including phenoxy) is 1. The molecule has 0 bridgehead atoms. The molecule has 2 unspecified atom stereocenters. The van der Waals surface area contributed by atoms with Gasteiger partial charge in [0.05, 0.1) is 18.4 Å². The molecule has 0 radical (unpaired) electrons. The third kappa shape index (κ3) is 5.71. The fourth-order valence-corrected chi connectivity index (χ4v) is 5.85. The quantitative estimate of drug-likeness (QED) is 0.285. The van der Waals surface area contributed by atoms with E-state index in [2.05, 4.69) is 26.2 Å². The Balaban J connectivity index is 1.09. The number of halogens is 3. The molecule has 0 saturated carbocycles. The van der Waals surface area contributed by atoms with E-state index in [4.69, 9.17) is 4.74 Å². The zero-order valence-electron chi connectivity index (χ0n) is 22.8. The Labute approximate surface area is 250 Å². The summed E-state index contributed by atoms with van der Waals surface area (Å²) < 4.78 is 37.0. The molecule has 11 heteroatoms. The van der Waals surface area contributed by atoms with E-state index in [-0.39, 0.29) is 29.3 Å². The predicted octanol–water partition coefficient (Wildman–Crippen LogP) is 5.36. The maximum Gasteiger partial charge on any atom is 0.254 e. The van der Waals surface area contributed by atoms with E-state index in [1.54, 1.807) is 39.7 Å². The lowest BCUT2D eigenvalue weighted by atomic mass is 9.98. The molecule has 2 fully saturated rings. The van der Waals surface area contributed by atoms with Gasteiger partial charge in [-0.15, -0.1) is 5.10 Å². The molecule has 2 aliphatic rings. The van der Waals surface area contributed by atoms with Crippen LogP contribution in [-0.4, -0.2) is 64.1 Å². The first kappa shape index (κ1) is 28.2. The van der Waals surface area contributed by atoms with Gasteiger partial charge in [-0.25, -0.2) is 13.5 Å². The summed E-state index contributed by atoms with van der Waals surface area (Å²) in [6, 6.07) is 15.7. The smallest absolute Gasteiger partial charge is 0.254 e. The van der Waals surface area contributed by atoms with E-state index in [0.29, 0.717) is 61.5 Å². The van der Waals surface area contributed by atoms with Crippen LogP contribution >= 0.6 is 15.9 Å². The molecule has 0 spiro atoms. The number of aromatic nitrogens is 3. The maximum absolute atomic E-state index is 15.1. The number of amides is 2. The largest absolute Gasteiger partial charge is 0.374 e. The van der Waals surface area contributed by atoms with Gasteiger partial charge in [-0.3, -0.25) is 9.59 Å². The second-order valence-electron chi connectivity index (χ2n) is 10.6. The highest BCUT2D eigenvalue weighted by molar-refractivity contribution is 9.10. The number of carbonyl (C=O) groups is 2. The maximum atomic E-state index is 15.1. The molecule has 2 aliphatic heterocycles. The van der Waals surface area contributed by atoms with Crippen LogP contribution in [0.15, 0.2) is 71.3 Å². The predicted molar refractivity (Wildman–Crippen MR) is 156 cm³/mol. The number of carbonyl (C=O) groups excluding carboxylic acids is 2. The van der Waals surface area contributed by atoms with Gasteiger partial charge in [0.15, 0.2) is 0 Å². The number of morpholine rings is 1. The number of anilines is 1. The van der Waals surface area contributed by atoms with Crippen molar-refractivity contribution in [2.45, 2.75) is 31.9 Å². The SMILES string of the molecule is Cc1cc(F)ccc1-c1ccc(C(=O)N2CCOC(Cc3cn(C4CCN(c5ccc(Br)cc5)C4=O)nn3)C2)cc1F. The highest BCUT2D eigenvalue weighted by atomic mass is 79.9. The zero-order valence-corrected chi connectivity index (χ0v) is 24.4. The van der Waals surface area contributed by atoms with E-state index >= 15 is 4.39 Å². The molecule has 8 nitrogen and oxygen atoms in total. The van der Waals surface area contributed by atoms with Crippen molar-refractivity contribution in [1.82, 2.24) is 19.9 Å². The molecule has 0 aliphatic carbocycles. The number of nitrogens with zero attached hydrogens (tertiary/aromatic N) is 5. The van der Waals surface area contributed by atoms with Gasteiger partial charge in [-0.2, -0.15) is 0 Å². The number of hydrogen-bond donors (Lipinski definition) is 0. The van der Waals surface area contributed by atoms with Crippen molar-refractivity contribution in [3.8, 4) is 11.1 Å². The van der Waals surface area contributed by atoms with Crippen molar-refractivity contribution in [1.29, 1.82) is 0 Å². The van der Waals surface area contributed by atoms with Gasteiger partial charge in [-0.1, -0.05) is 33.3 Å². The Hall–Kier alpha value is -3.96. The normalized spacial score (nSPS) is 19.0. The van der Waals surface area contributed by atoms with Crippen LogP contribution in [-0.2, 0) is 16.0 Å². The Morgan fingerprint density at radius 1 is 1.05 bits per heavy atom. The Bertz CT molecular complexity index is 1640. The van der Waals surface area contributed by atoms with Crippen LogP contribution in [0.3, 0.4) is 0 Å². The van der Waals surface area contributed by atoms with E-state index in [9.17, 15) is 14.0 Å². The van der Waals surface area contributed by atoms with Crippen LogP contribution < -0.4 is 4.90 Å². The molecule has 2 saturated heterocycles. The minimum absolute atomic E-state index is 0.0349. The summed E-state index contributed by atoms with van der Waals surface area (Å²) in [5, 5.41) is 8.49. The van der Waals surface area contributed by atoms with Crippen molar-refractivity contribution < 1.29 is 23.1 Å². The van der Waals surface area contributed by atoms with Gasteiger partial charge in [0.2, 0.25) is 0 Å². The van der Waals surface area contributed by atoms with E-state index < -0.39 is 11.9 Å². The summed E-state index contributed by atoms with van der Waals surface area (Å²) in [5.74, 6) is -1.26. The Morgan fingerprint density at radius 3 is 2.60 bits per heavy atom. The topological polar surface area (TPSA) is 80.6 Å².